The van der Waals surface area contributed by atoms with Crippen molar-refractivity contribution in [2.45, 2.75) is 69.7 Å². The fourth-order valence-corrected chi connectivity index (χ4v) is 8.27. The van der Waals surface area contributed by atoms with Crippen LogP contribution in [-0.4, -0.2) is 88.9 Å². The van der Waals surface area contributed by atoms with Crippen molar-refractivity contribution in [1.29, 1.82) is 5.26 Å². The minimum Gasteiger partial charge on any atom is -0.462 e. The first-order chi connectivity index (χ1) is 23.7. The molecule has 256 valence electrons. The molecule has 0 radical (unpaired) electrons. The maximum absolute atomic E-state index is 14.0. The number of nitriles is 1. The van der Waals surface area contributed by atoms with Crippen LogP contribution < -0.4 is 15.0 Å². The molecule has 0 bridgehead atoms. The number of aliphatic hydroxyl groups excluding tert-OH is 1. The molecule has 2 aromatic carbocycles. The van der Waals surface area contributed by atoms with Gasteiger partial charge in [-0.3, -0.25) is 9.69 Å². The molecular formula is C38H44FN7O3. The third kappa shape index (κ3) is 6.91. The molecule has 2 N–H and O–H groups in total. The fraction of sp³-hybridized carbons (Fsp3) is 0.474. The highest BCUT2D eigenvalue weighted by molar-refractivity contribution is 6.04. The van der Waals surface area contributed by atoms with E-state index in [0.717, 1.165) is 74.3 Å². The van der Waals surface area contributed by atoms with Crippen LogP contribution in [0.5, 0.6) is 6.01 Å². The number of piperazine rings is 1. The highest BCUT2D eigenvalue weighted by Gasteiger charge is 2.43. The number of halogens is 1. The van der Waals surface area contributed by atoms with Gasteiger partial charge in [-0.25, -0.2) is 4.39 Å². The first-order valence-corrected chi connectivity index (χ1v) is 17.3. The molecule has 1 spiro atoms. The predicted octanol–water partition coefficient (Wildman–Crippen LogP) is 4.68. The molecule has 4 atom stereocenters. The van der Waals surface area contributed by atoms with E-state index in [4.69, 9.17) is 14.7 Å². The number of amides is 1. The number of aliphatic hydroxyl groups is 1. The summed E-state index contributed by atoms with van der Waals surface area (Å²) in [6.45, 7) is 6.13. The zero-order chi connectivity index (χ0) is 34.1. The second-order valence-electron chi connectivity index (χ2n) is 14.2. The predicted molar refractivity (Wildman–Crippen MR) is 185 cm³/mol. The summed E-state index contributed by atoms with van der Waals surface area (Å²) >= 11 is 0. The molecule has 1 aromatic heterocycles. The number of ether oxygens (including phenoxy) is 1. The van der Waals surface area contributed by atoms with Crippen molar-refractivity contribution in [1.82, 2.24) is 19.8 Å². The average molecular weight is 666 g/mol. The van der Waals surface area contributed by atoms with Crippen molar-refractivity contribution >= 4 is 17.4 Å². The van der Waals surface area contributed by atoms with Gasteiger partial charge in [0.05, 0.1) is 18.2 Å². The van der Waals surface area contributed by atoms with E-state index in [0.29, 0.717) is 43.9 Å². The van der Waals surface area contributed by atoms with Gasteiger partial charge in [0.15, 0.2) is 6.23 Å². The molecule has 0 saturated carbocycles. The molecule has 2 unspecified atom stereocenters. The summed E-state index contributed by atoms with van der Waals surface area (Å²) in [5, 5.41) is 23.1. The van der Waals surface area contributed by atoms with Gasteiger partial charge < -0.3 is 25.0 Å². The van der Waals surface area contributed by atoms with Gasteiger partial charge >= 0.3 is 6.01 Å². The second-order valence-corrected chi connectivity index (χ2v) is 14.2. The van der Waals surface area contributed by atoms with Crippen LogP contribution >= 0.6 is 0 Å². The number of hydrogen-bond donors (Lipinski definition) is 2. The summed E-state index contributed by atoms with van der Waals surface area (Å²) < 4.78 is 20.3. The zero-order valence-electron chi connectivity index (χ0n) is 28.1. The van der Waals surface area contributed by atoms with Gasteiger partial charge in [-0.2, -0.15) is 15.2 Å². The number of carbonyl (C=O) groups excluding carboxylic acids is 1. The van der Waals surface area contributed by atoms with E-state index in [9.17, 15) is 19.6 Å². The van der Waals surface area contributed by atoms with Crippen molar-refractivity contribution in [3.8, 4) is 12.1 Å². The summed E-state index contributed by atoms with van der Waals surface area (Å²) in [5.41, 5.74) is 5.96. The molecule has 49 heavy (non-hydrogen) atoms. The molecule has 3 heterocycles. The normalized spacial score (nSPS) is 24.2. The van der Waals surface area contributed by atoms with Gasteiger partial charge in [0.1, 0.15) is 18.3 Å². The quantitative estimate of drug-likeness (QED) is 0.336. The van der Waals surface area contributed by atoms with Crippen LogP contribution in [0.1, 0.15) is 58.4 Å². The number of anilines is 2. The molecule has 3 aromatic rings. The Labute approximate surface area is 287 Å². The lowest BCUT2D eigenvalue weighted by Gasteiger charge is -2.44. The molecule has 11 heteroatoms. The van der Waals surface area contributed by atoms with Gasteiger partial charge in [-0.05, 0) is 99.3 Å². The summed E-state index contributed by atoms with van der Waals surface area (Å²) in [5.74, 6) is -0.134. The van der Waals surface area contributed by atoms with Gasteiger partial charge in [0, 0.05) is 48.5 Å². The molecule has 2 aliphatic carbocycles. The molecular weight excluding hydrogens is 621 g/mol. The summed E-state index contributed by atoms with van der Waals surface area (Å²) in [6, 6.07) is 18.1. The van der Waals surface area contributed by atoms with Crippen molar-refractivity contribution in [2.75, 3.05) is 50.1 Å². The summed E-state index contributed by atoms with van der Waals surface area (Å²) in [4.78, 5) is 29.2. The first-order valence-electron chi connectivity index (χ1n) is 17.3. The van der Waals surface area contributed by atoms with Crippen LogP contribution in [0, 0.1) is 16.7 Å². The van der Waals surface area contributed by atoms with Crippen LogP contribution in [0.15, 0.2) is 60.9 Å². The summed E-state index contributed by atoms with van der Waals surface area (Å²) in [7, 11) is 2.12. The Balaban J connectivity index is 1.14. The fourth-order valence-electron chi connectivity index (χ4n) is 8.27. The van der Waals surface area contributed by atoms with Crippen LogP contribution in [-0.2, 0) is 25.7 Å². The van der Waals surface area contributed by atoms with Crippen LogP contribution in [0.25, 0.3) is 0 Å². The Morgan fingerprint density at radius 3 is 2.71 bits per heavy atom. The Hall–Kier alpha value is -4.37. The zero-order valence-corrected chi connectivity index (χ0v) is 28.1. The Morgan fingerprint density at radius 1 is 1.14 bits per heavy atom. The van der Waals surface area contributed by atoms with E-state index in [1.807, 2.05) is 42.5 Å². The molecule has 2 aliphatic heterocycles. The SMILES string of the molecule is C=C(F)C(O)N1CCN(c2nc(OC[C@@H]3CCCN3C)nc3c2CCC2(Cc4ccc(C(=O)Nc5ccccc5)cc4C2)C3)C[C@@H]1CC#N. The third-order valence-corrected chi connectivity index (χ3v) is 11.0. The lowest BCUT2D eigenvalue weighted by atomic mass is 9.71. The Bertz CT molecular complexity index is 1760. The number of carbonyl (C=O) groups is 1. The standard InChI is InChI=1S/C38H44FN7O3/c1-25(39)36(48)46-18-17-45(23-30(46)13-15-40)34-32-12-14-38(22-33(32)42-37(43-34)49-24-31-9-6-16-44(31)2)20-27-11-10-26(19-28(27)21-38)35(47)41-29-7-4-3-5-8-29/h3-5,7-8,10-11,19,30-31,36,48H,1,6,9,12-14,16-18,20-24H2,2H3,(H,41,47)/t30-,31-,36?,38?/m0/s1. The molecule has 7 rings (SSSR count). The maximum Gasteiger partial charge on any atom is 0.318 e. The third-order valence-electron chi connectivity index (χ3n) is 11.0. The lowest BCUT2D eigenvalue weighted by molar-refractivity contribution is -0.0167. The van der Waals surface area contributed by atoms with Gasteiger partial charge in [-0.15, -0.1) is 0 Å². The second kappa shape index (κ2) is 13.9. The average Bonchev–Trinajstić information content (AvgIpc) is 3.68. The molecule has 10 nitrogen and oxygen atoms in total. The van der Waals surface area contributed by atoms with E-state index in [1.54, 1.807) is 4.90 Å². The van der Waals surface area contributed by atoms with E-state index < -0.39 is 18.1 Å². The summed E-state index contributed by atoms with van der Waals surface area (Å²) in [6.07, 6.45) is 5.18. The van der Waals surface area contributed by atoms with Crippen LogP contribution in [0.2, 0.25) is 0 Å². The van der Waals surface area contributed by atoms with Gasteiger partial charge in [-0.1, -0.05) is 30.8 Å². The van der Waals surface area contributed by atoms with Crippen LogP contribution in [0.3, 0.4) is 0 Å². The number of para-hydroxylation sites is 1. The number of rotatable bonds is 9. The largest absolute Gasteiger partial charge is 0.462 e. The van der Waals surface area contributed by atoms with E-state index in [-0.39, 0.29) is 17.7 Å². The van der Waals surface area contributed by atoms with Crippen molar-refractivity contribution < 1.29 is 19.0 Å². The van der Waals surface area contributed by atoms with E-state index in [1.165, 1.54) is 11.1 Å². The number of hydrogen-bond acceptors (Lipinski definition) is 9. The minimum absolute atomic E-state index is 0.0218. The van der Waals surface area contributed by atoms with E-state index in [2.05, 4.69) is 40.9 Å². The first kappa shape index (κ1) is 33.1. The molecule has 4 aliphatic rings. The number of fused-ring (bicyclic) bond motifs is 2. The van der Waals surface area contributed by atoms with Crippen molar-refractivity contribution in [3.63, 3.8) is 0 Å². The Kier molecular flexibility index (Phi) is 9.38. The number of aromatic nitrogens is 2. The number of likely N-dealkylation sites (tertiary alicyclic amines) is 1. The van der Waals surface area contributed by atoms with Crippen LogP contribution in [0.4, 0.5) is 15.9 Å². The van der Waals surface area contributed by atoms with Crippen molar-refractivity contribution in [2.24, 2.45) is 5.41 Å². The number of likely N-dealkylation sites (N-methyl/N-ethyl adjacent to an activating group) is 1. The van der Waals surface area contributed by atoms with Gasteiger partial charge in [0.2, 0.25) is 0 Å². The smallest absolute Gasteiger partial charge is 0.318 e. The topological polar surface area (TPSA) is 118 Å². The number of nitrogens with one attached hydrogen (secondary N) is 1. The number of nitrogens with zero attached hydrogens (tertiary/aromatic N) is 6. The maximum atomic E-state index is 14.0. The monoisotopic (exact) mass is 665 g/mol. The van der Waals surface area contributed by atoms with Crippen molar-refractivity contribution in [3.05, 3.63) is 88.9 Å². The Morgan fingerprint density at radius 2 is 1.96 bits per heavy atom. The minimum atomic E-state index is -1.45. The highest BCUT2D eigenvalue weighted by Crippen LogP contribution is 2.48. The highest BCUT2D eigenvalue weighted by atomic mass is 19.1. The molecule has 1 amide bonds. The molecule has 2 fully saturated rings. The van der Waals surface area contributed by atoms with Gasteiger partial charge in [0.25, 0.3) is 5.91 Å². The lowest BCUT2D eigenvalue weighted by Crippen LogP contribution is -2.57. The molecule has 2 saturated heterocycles. The van der Waals surface area contributed by atoms with E-state index >= 15 is 0 Å². The number of benzene rings is 2.